The van der Waals surface area contributed by atoms with Crippen LogP contribution in [-0.4, -0.2) is 11.3 Å². The van der Waals surface area contributed by atoms with Gasteiger partial charge in [-0.1, -0.05) is 6.58 Å². The smallest absolute Gasteiger partial charge is 0.218 e. The fourth-order valence-electron chi connectivity index (χ4n) is 1.77. The van der Waals surface area contributed by atoms with Crippen molar-refractivity contribution in [3.63, 3.8) is 0 Å². The molecule has 0 saturated heterocycles. The lowest BCUT2D eigenvalue weighted by Crippen LogP contribution is -1.95. The number of aliphatic hydroxyl groups is 1. The van der Waals surface area contributed by atoms with E-state index in [1.54, 1.807) is 13.1 Å². The third-order valence-electron chi connectivity index (χ3n) is 2.39. The van der Waals surface area contributed by atoms with E-state index in [4.69, 9.17) is 0 Å². The van der Waals surface area contributed by atoms with Crippen molar-refractivity contribution in [1.82, 2.24) is 0 Å². The van der Waals surface area contributed by atoms with Crippen LogP contribution in [-0.2, 0) is 0 Å². The average Bonchev–Trinajstić information content (AvgIpc) is 2.52. The van der Waals surface area contributed by atoms with Crippen molar-refractivity contribution in [1.29, 1.82) is 0 Å². The van der Waals surface area contributed by atoms with Gasteiger partial charge in [0.1, 0.15) is 0 Å². The van der Waals surface area contributed by atoms with Crippen molar-refractivity contribution in [2.75, 3.05) is 0 Å². The number of nitrogens with zero attached hydrogens (tertiary/aromatic N) is 1. The van der Waals surface area contributed by atoms with Gasteiger partial charge in [-0.15, -0.1) is 12.6 Å². The highest BCUT2D eigenvalue weighted by atomic mass is 32.1. The van der Waals surface area contributed by atoms with Crippen molar-refractivity contribution < 1.29 is 5.11 Å². The number of aliphatic hydroxyl groups excluding tert-OH is 1. The minimum atomic E-state index is 0.0495. The summed E-state index contributed by atoms with van der Waals surface area (Å²) in [6.45, 7) is 7.53. The van der Waals surface area contributed by atoms with Gasteiger partial charge in [-0.25, -0.2) is 4.99 Å². The zero-order chi connectivity index (χ0) is 11.4. The Morgan fingerprint density at radius 1 is 1.53 bits per heavy atom. The topological polar surface area (TPSA) is 32.6 Å². The first-order valence-corrected chi connectivity index (χ1v) is 5.51. The lowest BCUT2D eigenvalue weighted by atomic mass is 10.00. The van der Waals surface area contributed by atoms with Crippen molar-refractivity contribution in [2.45, 2.75) is 33.1 Å². The molecule has 0 atom stereocenters. The predicted molar refractivity (Wildman–Crippen MR) is 68.5 cm³/mol. The normalized spacial score (nSPS) is 18.6. The summed E-state index contributed by atoms with van der Waals surface area (Å²) in [6, 6.07) is 0. The molecule has 0 aromatic heterocycles. The van der Waals surface area contributed by atoms with Crippen LogP contribution in [0.1, 0.15) is 33.1 Å². The number of allylic oxidation sites excluding steroid dienone is 4. The van der Waals surface area contributed by atoms with E-state index < -0.39 is 0 Å². The van der Waals surface area contributed by atoms with Crippen LogP contribution in [0.25, 0.3) is 0 Å². The van der Waals surface area contributed by atoms with Gasteiger partial charge >= 0.3 is 0 Å². The molecule has 0 spiro atoms. The van der Waals surface area contributed by atoms with E-state index in [1.807, 2.05) is 6.92 Å². The van der Waals surface area contributed by atoms with Crippen molar-refractivity contribution >= 4 is 18.8 Å². The Kier molecular flexibility index (Phi) is 4.21. The summed E-state index contributed by atoms with van der Waals surface area (Å²) < 4.78 is 0. The van der Waals surface area contributed by atoms with Gasteiger partial charge in [0.25, 0.3) is 0 Å². The highest BCUT2D eigenvalue weighted by molar-refractivity contribution is 7.84. The third-order valence-corrected chi connectivity index (χ3v) is 2.89. The first kappa shape index (κ1) is 12.1. The Morgan fingerprint density at radius 3 is 2.60 bits per heavy atom. The summed E-state index contributed by atoms with van der Waals surface area (Å²) in [6.07, 6.45) is 4.60. The van der Waals surface area contributed by atoms with Gasteiger partial charge in [0.15, 0.2) is 0 Å². The number of hydrogen-bond donors (Lipinski definition) is 2. The van der Waals surface area contributed by atoms with Crippen molar-refractivity contribution in [3.05, 3.63) is 34.1 Å². The van der Waals surface area contributed by atoms with E-state index in [2.05, 4.69) is 24.2 Å². The van der Waals surface area contributed by atoms with Gasteiger partial charge in [0, 0.05) is 11.8 Å². The molecule has 0 heterocycles. The Morgan fingerprint density at radius 2 is 2.20 bits per heavy atom. The van der Waals surface area contributed by atoms with Crippen LogP contribution in [0.3, 0.4) is 0 Å². The van der Waals surface area contributed by atoms with Crippen LogP contribution in [0.4, 0.5) is 0 Å². The lowest BCUT2D eigenvalue weighted by molar-refractivity contribution is 0.402. The van der Waals surface area contributed by atoms with Gasteiger partial charge in [-0.3, -0.25) is 0 Å². The third kappa shape index (κ3) is 2.75. The first-order chi connectivity index (χ1) is 7.07. The summed E-state index contributed by atoms with van der Waals surface area (Å²) >= 11 is 4.43. The minimum Gasteiger partial charge on any atom is -0.493 e. The van der Waals surface area contributed by atoms with E-state index in [1.165, 1.54) is 0 Å². The molecule has 0 aromatic carbocycles. The Bertz CT molecular complexity index is 364. The second-order valence-electron chi connectivity index (χ2n) is 3.65. The molecule has 0 aromatic rings. The molecule has 1 aliphatic rings. The number of thiol groups is 1. The zero-order valence-electron chi connectivity index (χ0n) is 9.25. The Hall–Kier alpha value is -0.960. The molecule has 0 radical (unpaired) electrons. The molecular formula is C12H17NOS. The van der Waals surface area contributed by atoms with Crippen LogP contribution in [0.2, 0.25) is 0 Å². The molecule has 3 heteroatoms. The molecule has 2 nitrogen and oxygen atoms in total. The summed E-state index contributed by atoms with van der Waals surface area (Å²) in [5.74, 6) is 0.0495. The van der Waals surface area contributed by atoms with E-state index in [0.717, 1.165) is 40.9 Å². The fourth-order valence-corrected chi connectivity index (χ4v) is 2.15. The second-order valence-corrected chi connectivity index (χ2v) is 4.18. The molecule has 1 rings (SSSR count). The van der Waals surface area contributed by atoms with E-state index in [-0.39, 0.29) is 5.88 Å². The number of hydrogen-bond acceptors (Lipinski definition) is 3. The summed E-state index contributed by atoms with van der Waals surface area (Å²) in [7, 11) is 0. The van der Waals surface area contributed by atoms with Crippen LogP contribution in [0.5, 0.6) is 0 Å². The molecule has 0 fully saturated rings. The second kappa shape index (κ2) is 5.21. The molecular weight excluding hydrogens is 206 g/mol. The molecule has 82 valence electrons. The van der Waals surface area contributed by atoms with E-state index in [9.17, 15) is 5.11 Å². The van der Waals surface area contributed by atoms with Crippen LogP contribution in [0.15, 0.2) is 39.1 Å². The summed E-state index contributed by atoms with van der Waals surface area (Å²) in [5, 5.41) is 9.81. The van der Waals surface area contributed by atoms with Crippen LogP contribution >= 0.6 is 12.6 Å². The molecule has 0 amide bonds. The number of rotatable bonds is 3. The minimum absolute atomic E-state index is 0.0495. The highest BCUT2D eigenvalue weighted by Crippen LogP contribution is 2.37. The highest BCUT2D eigenvalue weighted by Gasteiger charge is 2.19. The molecule has 0 aliphatic heterocycles. The maximum absolute atomic E-state index is 9.81. The standard InChI is InChI=1S/C12H17NOS/c1-4-13-12(14)11(8(2)3)9-6-5-7-10(9)15/h4,14-15H,2,5-7H2,1,3H3/b12-11-,13-4-. The van der Waals surface area contributed by atoms with Crippen LogP contribution in [0, 0.1) is 0 Å². The van der Waals surface area contributed by atoms with E-state index >= 15 is 0 Å². The average molecular weight is 223 g/mol. The van der Waals surface area contributed by atoms with Crippen LogP contribution < -0.4 is 0 Å². The quantitative estimate of drug-likeness (QED) is 0.324. The van der Waals surface area contributed by atoms with Gasteiger partial charge in [-0.2, -0.15) is 0 Å². The largest absolute Gasteiger partial charge is 0.493 e. The lowest BCUT2D eigenvalue weighted by Gasteiger charge is -2.10. The van der Waals surface area contributed by atoms with Gasteiger partial charge in [0.2, 0.25) is 5.88 Å². The Balaban J connectivity index is 3.20. The van der Waals surface area contributed by atoms with Gasteiger partial charge < -0.3 is 5.11 Å². The molecule has 15 heavy (non-hydrogen) atoms. The zero-order valence-corrected chi connectivity index (χ0v) is 10.1. The molecule has 0 unspecified atom stereocenters. The molecule has 0 bridgehead atoms. The van der Waals surface area contributed by atoms with Gasteiger partial charge in [0.05, 0.1) is 0 Å². The Labute approximate surface area is 96.5 Å². The van der Waals surface area contributed by atoms with Gasteiger partial charge in [-0.05, 0) is 49.2 Å². The fraction of sp³-hybridized carbons (Fsp3) is 0.417. The van der Waals surface area contributed by atoms with Crippen molar-refractivity contribution in [3.8, 4) is 0 Å². The molecule has 0 saturated carbocycles. The number of aliphatic imine (C=N–C) groups is 1. The maximum atomic E-state index is 9.81. The summed E-state index contributed by atoms with van der Waals surface area (Å²) in [4.78, 5) is 4.95. The van der Waals surface area contributed by atoms with E-state index in [0.29, 0.717) is 0 Å². The molecule has 1 N–H and O–H groups in total. The monoisotopic (exact) mass is 223 g/mol. The molecule has 1 aliphatic carbocycles. The SMILES string of the molecule is C=C(C)/C(C1=C(S)CCC1)=C(O)\N=C/C. The van der Waals surface area contributed by atoms with Crippen molar-refractivity contribution in [2.24, 2.45) is 4.99 Å². The first-order valence-electron chi connectivity index (χ1n) is 5.07. The predicted octanol–water partition coefficient (Wildman–Crippen LogP) is 3.79. The maximum Gasteiger partial charge on any atom is 0.218 e. The summed E-state index contributed by atoms with van der Waals surface area (Å²) in [5.41, 5.74) is 2.69.